The van der Waals surface area contributed by atoms with Crippen molar-refractivity contribution in [2.24, 2.45) is 0 Å². The zero-order chi connectivity index (χ0) is 12.4. The molecule has 1 heterocycles. The van der Waals surface area contributed by atoms with E-state index in [4.69, 9.17) is 5.11 Å². The lowest BCUT2D eigenvalue weighted by Gasteiger charge is -2.21. The summed E-state index contributed by atoms with van der Waals surface area (Å²) in [5.41, 5.74) is 0.543. The van der Waals surface area contributed by atoms with Gasteiger partial charge in [-0.05, 0) is 31.5 Å². The van der Waals surface area contributed by atoms with E-state index in [-0.39, 0.29) is 18.2 Å². The summed E-state index contributed by atoms with van der Waals surface area (Å²) in [6, 6.07) is 4.39. The van der Waals surface area contributed by atoms with Gasteiger partial charge in [0.2, 0.25) is 0 Å². The number of halogens is 3. The van der Waals surface area contributed by atoms with Crippen LogP contribution < -0.4 is 0 Å². The normalized spacial score (nSPS) is 19.6. The minimum Gasteiger partial charge on any atom is -0.480 e. The van der Waals surface area contributed by atoms with E-state index in [0.717, 1.165) is 6.42 Å². The lowest BCUT2D eigenvalue weighted by Crippen LogP contribution is -2.35. The van der Waals surface area contributed by atoms with Crippen molar-refractivity contribution in [1.29, 1.82) is 0 Å². The number of benzene rings is 1. The molecule has 0 aromatic heterocycles. The molecule has 1 aliphatic heterocycles. The Balaban J connectivity index is 0.00000162. The minimum atomic E-state index is -0.819. The van der Waals surface area contributed by atoms with E-state index >= 15 is 0 Å². The predicted molar refractivity (Wildman–Crippen MR) is 72.4 cm³/mol. The summed E-state index contributed by atoms with van der Waals surface area (Å²) in [7, 11) is 0. The first kappa shape index (κ1) is 15.4. The van der Waals surface area contributed by atoms with Gasteiger partial charge in [0.1, 0.15) is 11.9 Å². The highest BCUT2D eigenvalue weighted by atomic mass is 79.9. The molecule has 100 valence electrons. The van der Waals surface area contributed by atoms with E-state index in [9.17, 15) is 9.18 Å². The van der Waals surface area contributed by atoms with Gasteiger partial charge in [0.25, 0.3) is 0 Å². The van der Waals surface area contributed by atoms with Crippen LogP contribution >= 0.6 is 28.3 Å². The molecular formula is C12H14BrClFNO2. The molecule has 1 atom stereocenters. The quantitative estimate of drug-likeness (QED) is 0.921. The Labute approximate surface area is 120 Å². The Kier molecular flexibility index (Phi) is 5.56. The van der Waals surface area contributed by atoms with E-state index in [1.165, 1.54) is 6.07 Å². The lowest BCUT2D eigenvalue weighted by molar-refractivity contribution is -0.142. The molecule has 1 aromatic carbocycles. The van der Waals surface area contributed by atoms with E-state index in [1.54, 1.807) is 12.1 Å². The molecule has 3 nitrogen and oxygen atoms in total. The number of hydrogen-bond acceptors (Lipinski definition) is 2. The number of carbonyl (C=O) groups is 1. The van der Waals surface area contributed by atoms with Gasteiger partial charge >= 0.3 is 5.97 Å². The van der Waals surface area contributed by atoms with Crippen molar-refractivity contribution >= 4 is 34.3 Å². The summed E-state index contributed by atoms with van der Waals surface area (Å²) in [4.78, 5) is 12.8. The zero-order valence-electron chi connectivity index (χ0n) is 9.60. The fourth-order valence-corrected chi connectivity index (χ4v) is 2.50. The van der Waals surface area contributed by atoms with Crippen LogP contribution in [-0.4, -0.2) is 28.6 Å². The monoisotopic (exact) mass is 337 g/mol. The summed E-state index contributed by atoms with van der Waals surface area (Å²) < 4.78 is 14.3. The van der Waals surface area contributed by atoms with Gasteiger partial charge in [-0.15, -0.1) is 12.4 Å². The fourth-order valence-electron chi connectivity index (χ4n) is 2.16. The second kappa shape index (κ2) is 6.50. The van der Waals surface area contributed by atoms with Crippen LogP contribution in [0.2, 0.25) is 0 Å². The molecule has 1 N–H and O–H groups in total. The molecule has 1 saturated heterocycles. The molecule has 0 radical (unpaired) electrons. The van der Waals surface area contributed by atoms with Crippen molar-refractivity contribution < 1.29 is 14.3 Å². The standard InChI is InChI=1S/C12H13BrFNO2.ClH/c13-9-4-3-8(10(14)6-9)7-15-5-1-2-11(15)12(16)17;/h3-4,6,11H,1-2,5,7H2,(H,16,17);1H. The van der Waals surface area contributed by atoms with Crippen molar-refractivity contribution in [2.75, 3.05) is 6.54 Å². The maximum atomic E-state index is 13.6. The average Bonchev–Trinajstić information content (AvgIpc) is 2.70. The highest BCUT2D eigenvalue weighted by Gasteiger charge is 2.30. The summed E-state index contributed by atoms with van der Waals surface area (Å²) >= 11 is 3.20. The van der Waals surface area contributed by atoms with Gasteiger partial charge in [-0.2, -0.15) is 0 Å². The van der Waals surface area contributed by atoms with Crippen LogP contribution in [0.4, 0.5) is 4.39 Å². The molecular weight excluding hydrogens is 324 g/mol. The maximum absolute atomic E-state index is 13.6. The summed E-state index contributed by atoms with van der Waals surface area (Å²) in [5, 5.41) is 9.03. The Morgan fingerprint density at radius 1 is 1.56 bits per heavy atom. The topological polar surface area (TPSA) is 40.5 Å². The third-order valence-corrected chi connectivity index (χ3v) is 3.53. The second-order valence-electron chi connectivity index (χ2n) is 4.20. The Morgan fingerprint density at radius 2 is 2.28 bits per heavy atom. The number of rotatable bonds is 3. The van der Waals surface area contributed by atoms with Crippen molar-refractivity contribution in [1.82, 2.24) is 4.90 Å². The molecule has 0 bridgehead atoms. The number of aliphatic carboxylic acids is 1. The van der Waals surface area contributed by atoms with Crippen LogP contribution in [0.25, 0.3) is 0 Å². The number of hydrogen-bond donors (Lipinski definition) is 1. The van der Waals surface area contributed by atoms with Crippen molar-refractivity contribution in [3.8, 4) is 0 Å². The molecule has 1 aliphatic rings. The SMILES string of the molecule is Cl.O=C(O)C1CCCN1Cc1ccc(Br)cc1F. The summed E-state index contributed by atoms with van der Waals surface area (Å²) in [6.45, 7) is 1.07. The largest absolute Gasteiger partial charge is 0.480 e. The van der Waals surface area contributed by atoms with Gasteiger partial charge in [0, 0.05) is 16.6 Å². The molecule has 0 amide bonds. The fraction of sp³-hybridized carbons (Fsp3) is 0.417. The van der Waals surface area contributed by atoms with Crippen LogP contribution in [0.1, 0.15) is 18.4 Å². The van der Waals surface area contributed by atoms with Crippen molar-refractivity contribution in [2.45, 2.75) is 25.4 Å². The van der Waals surface area contributed by atoms with E-state index in [0.29, 0.717) is 29.5 Å². The molecule has 2 rings (SSSR count). The number of likely N-dealkylation sites (tertiary alicyclic amines) is 1. The molecule has 6 heteroatoms. The number of nitrogens with zero attached hydrogens (tertiary/aromatic N) is 1. The van der Waals surface area contributed by atoms with Crippen LogP contribution in [0.5, 0.6) is 0 Å². The smallest absolute Gasteiger partial charge is 0.320 e. The third kappa shape index (κ3) is 3.43. The molecule has 1 aromatic rings. The second-order valence-corrected chi connectivity index (χ2v) is 5.12. The minimum absolute atomic E-state index is 0. The van der Waals surface area contributed by atoms with Crippen molar-refractivity contribution in [3.05, 3.63) is 34.1 Å². The number of carboxylic acids is 1. The van der Waals surface area contributed by atoms with Gasteiger partial charge in [-0.25, -0.2) is 4.39 Å². The van der Waals surface area contributed by atoms with Crippen LogP contribution in [0.15, 0.2) is 22.7 Å². The van der Waals surface area contributed by atoms with E-state index in [1.807, 2.05) is 4.90 Å². The Bertz CT molecular complexity index is 444. The molecule has 1 unspecified atom stereocenters. The van der Waals surface area contributed by atoms with Gasteiger partial charge in [0.05, 0.1) is 0 Å². The first-order valence-corrected chi connectivity index (χ1v) is 6.28. The summed E-state index contributed by atoms with van der Waals surface area (Å²) in [6.07, 6.45) is 1.50. The van der Waals surface area contributed by atoms with E-state index in [2.05, 4.69) is 15.9 Å². The van der Waals surface area contributed by atoms with Crippen LogP contribution in [0, 0.1) is 5.82 Å². The molecule has 18 heavy (non-hydrogen) atoms. The van der Waals surface area contributed by atoms with Gasteiger partial charge < -0.3 is 5.11 Å². The summed E-state index contributed by atoms with van der Waals surface area (Å²) in [5.74, 6) is -1.12. The molecule has 0 spiro atoms. The highest BCUT2D eigenvalue weighted by molar-refractivity contribution is 9.10. The number of carboxylic acid groups (broad SMARTS) is 1. The highest BCUT2D eigenvalue weighted by Crippen LogP contribution is 2.22. The van der Waals surface area contributed by atoms with Crippen molar-refractivity contribution in [3.63, 3.8) is 0 Å². The third-order valence-electron chi connectivity index (χ3n) is 3.04. The maximum Gasteiger partial charge on any atom is 0.320 e. The van der Waals surface area contributed by atoms with Gasteiger partial charge in [-0.1, -0.05) is 22.0 Å². The van der Waals surface area contributed by atoms with Crippen LogP contribution in [0.3, 0.4) is 0 Å². The predicted octanol–water partition coefficient (Wildman–Crippen LogP) is 3.06. The molecule has 0 aliphatic carbocycles. The Morgan fingerprint density at radius 3 is 2.89 bits per heavy atom. The van der Waals surface area contributed by atoms with Gasteiger partial charge in [0.15, 0.2) is 0 Å². The first-order chi connectivity index (χ1) is 8.08. The lowest BCUT2D eigenvalue weighted by atomic mass is 10.1. The van der Waals surface area contributed by atoms with Crippen LogP contribution in [-0.2, 0) is 11.3 Å². The molecule has 0 saturated carbocycles. The Hall–Kier alpha value is -0.650. The zero-order valence-corrected chi connectivity index (χ0v) is 12.0. The first-order valence-electron chi connectivity index (χ1n) is 5.48. The van der Waals surface area contributed by atoms with Gasteiger partial charge in [-0.3, -0.25) is 9.69 Å². The molecule has 1 fully saturated rings. The van der Waals surface area contributed by atoms with E-state index < -0.39 is 12.0 Å². The average molecular weight is 339 g/mol.